The number of terminal acetylenes is 1. The summed E-state index contributed by atoms with van der Waals surface area (Å²) >= 11 is 0. The van der Waals surface area contributed by atoms with E-state index in [1.54, 1.807) is 7.11 Å². The van der Waals surface area contributed by atoms with E-state index in [1.807, 2.05) is 0 Å². The summed E-state index contributed by atoms with van der Waals surface area (Å²) in [6, 6.07) is 0. The van der Waals surface area contributed by atoms with Crippen molar-refractivity contribution in [2.24, 2.45) is 5.92 Å². The molecule has 0 aromatic heterocycles. The van der Waals surface area contributed by atoms with Crippen LogP contribution in [0.5, 0.6) is 0 Å². The molecule has 0 spiro atoms. The maximum atomic E-state index is 6.19. The molecule has 4 nitrogen and oxygen atoms in total. The van der Waals surface area contributed by atoms with Crippen LogP contribution in [0.15, 0.2) is 0 Å². The first-order chi connectivity index (χ1) is 10.3. The van der Waals surface area contributed by atoms with E-state index in [0.717, 1.165) is 13.0 Å². The average molecular weight is 296 g/mol. The van der Waals surface area contributed by atoms with Crippen LogP contribution in [0.3, 0.4) is 0 Å². The zero-order valence-electron chi connectivity index (χ0n) is 13.3. The van der Waals surface area contributed by atoms with E-state index < -0.39 is 0 Å². The highest BCUT2D eigenvalue weighted by Gasteiger charge is 2.45. The van der Waals surface area contributed by atoms with Crippen molar-refractivity contribution >= 4 is 0 Å². The normalized spacial score (nSPS) is 34.0. The first-order valence-corrected chi connectivity index (χ1v) is 8.15. The van der Waals surface area contributed by atoms with Gasteiger partial charge in [-0.1, -0.05) is 32.1 Å². The SMILES string of the molecule is C#CCO[C@H]1[C@H](OC)O[C@H](CC)[C@H]1OCC1CCCCC1. The minimum Gasteiger partial charge on any atom is -0.372 e. The van der Waals surface area contributed by atoms with Gasteiger partial charge in [-0.25, -0.2) is 0 Å². The first-order valence-electron chi connectivity index (χ1n) is 8.15. The van der Waals surface area contributed by atoms with Crippen LogP contribution >= 0.6 is 0 Å². The molecule has 120 valence electrons. The van der Waals surface area contributed by atoms with E-state index in [4.69, 9.17) is 25.4 Å². The molecule has 1 saturated heterocycles. The number of ether oxygens (including phenoxy) is 4. The second-order valence-electron chi connectivity index (χ2n) is 5.97. The molecule has 0 unspecified atom stereocenters. The molecule has 2 fully saturated rings. The summed E-state index contributed by atoms with van der Waals surface area (Å²) in [5.41, 5.74) is 0. The largest absolute Gasteiger partial charge is 0.372 e. The van der Waals surface area contributed by atoms with E-state index in [0.29, 0.717) is 5.92 Å². The quantitative estimate of drug-likeness (QED) is 0.677. The summed E-state index contributed by atoms with van der Waals surface area (Å²) < 4.78 is 23.2. The summed E-state index contributed by atoms with van der Waals surface area (Å²) in [5.74, 6) is 3.18. The maximum Gasteiger partial charge on any atom is 0.186 e. The molecule has 0 amide bonds. The van der Waals surface area contributed by atoms with Gasteiger partial charge in [0.1, 0.15) is 18.8 Å². The van der Waals surface area contributed by atoms with Gasteiger partial charge in [-0.05, 0) is 25.2 Å². The number of hydrogen-bond donors (Lipinski definition) is 0. The second-order valence-corrected chi connectivity index (χ2v) is 5.97. The fourth-order valence-corrected chi connectivity index (χ4v) is 3.33. The van der Waals surface area contributed by atoms with Gasteiger partial charge in [0.15, 0.2) is 6.29 Å². The van der Waals surface area contributed by atoms with Gasteiger partial charge in [0.05, 0.1) is 12.7 Å². The van der Waals surface area contributed by atoms with Gasteiger partial charge in [0.25, 0.3) is 0 Å². The lowest BCUT2D eigenvalue weighted by atomic mass is 9.90. The molecule has 1 saturated carbocycles. The smallest absolute Gasteiger partial charge is 0.186 e. The molecule has 2 rings (SSSR count). The van der Waals surface area contributed by atoms with Crippen molar-refractivity contribution in [1.29, 1.82) is 0 Å². The topological polar surface area (TPSA) is 36.9 Å². The fraction of sp³-hybridized carbons (Fsp3) is 0.882. The van der Waals surface area contributed by atoms with Crippen molar-refractivity contribution in [3.8, 4) is 12.3 Å². The molecule has 0 aromatic carbocycles. The van der Waals surface area contributed by atoms with E-state index in [1.165, 1.54) is 32.1 Å². The highest BCUT2D eigenvalue weighted by atomic mass is 16.7. The van der Waals surface area contributed by atoms with Gasteiger partial charge < -0.3 is 18.9 Å². The number of methoxy groups -OCH3 is 1. The summed E-state index contributed by atoms with van der Waals surface area (Å²) in [7, 11) is 1.63. The number of hydrogen-bond acceptors (Lipinski definition) is 4. The van der Waals surface area contributed by atoms with Gasteiger partial charge in [-0.2, -0.15) is 0 Å². The van der Waals surface area contributed by atoms with Gasteiger partial charge in [0, 0.05) is 7.11 Å². The van der Waals surface area contributed by atoms with Crippen LogP contribution in [-0.4, -0.2) is 44.9 Å². The Morgan fingerprint density at radius 3 is 2.52 bits per heavy atom. The Labute approximate surface area is 128 Å². The van der Waals surface area contributed by atoms with E-state index in [2.05, 4.69) is 12.8 Å². The highest BCUT2D eigenvalue weighted by Crippen LogP contribution is 2.31. The molecule has 4 heteroatoms. The third kappa shape index (κ3) is 4.43. The van der Waals surface area contributed by atoms with Crippen molar-refractivity contribution in [1.82, 2.24) is 0 Å². The van der Waals surface area contributed by atoms with Crippen molar-refractivity contribution in [2.45, 2.75) is 70.1 Å². The summed E-state index contributed by atoms with van der Waals surface area (Å²) in [5, 5.41) is 0. The van der Waals surface area contributed by atoms with Crippen LogP contribution in [0.1, 0.15) is 45.4 Å². The molecule has 4 atom stereocenters. The highest BCUT2D eigenvalue weighted by molar-refractivity contribution is 4.91. The Hall–Kier alpha value is -0.600. The lowest BCUT2D eigenvalue weighted by Gasteiger charge is -2.27. The third-order valence-electron chi connectivity index (χ3n) is 4.51. The Morgan fingerprint density at radius 1 is 1.14 bits per heavy atom. The lowest BCUT2D eigenvalue weighted by molar-refractivity contribution is -0.160. The van der Waals surface area contributed by atoms with E-state index in [-0.39, 0.29) is 31.2 Å². The van der Waals surface area contributed by atoms with Gasteiger partial charge in [-0.15, -0.1) is 6.42 Å². The fourth-order valence-electron chi connectivity index (χ4n) is 3.33. The maximum absolute atomic E-state index is 6.19. The molecule has 1 aliphatic heterocycles. The van der Waals surface area contributed by atoms with Crippen molar-refractivity contribution in [3.05, 3.63) is 0 Å². The molecule has 21 heavy (non-hydrogen) atoms. The molecule has 1 heterocycles. The van der Waals surface area contributed by atoms with Crippen LogP contribution in [0, 0.1) is 18.3 Å². The Bertz CT molecular complexity index is 332. The van der Waals surface area contributed by atoms with Crippen LogP contribution in [0.25, 0.3) is 0 Å². The molecule has 2 aliphatic rings. The van der Waals surface area contributed by atoms with Crippen molar-refractivity contribution in [2.75, 3.05) is 20.3 Å². The predicted molar refractivity (Wildman–Crippen MR) is 80.8 cm³/mol. The first kappa shape index (κ1) is 16.8. The summed E-state index contributed by atoms with van der Waals surface area (Å²) in [6.45, 7) is 3.14. The lowest BCUT2D eigenvalue weighted by Crippen LogP contribution is -2.39. The predicted octanol–water partition coefficient (Wildman–Crippen LogP) is 2.75. The van der Waals surface area contributed by atoms with Gasteiger partial charge in [0.2, 0.25) is 0 Å². The molecular formula is C17H28O4. The molecular weight excluding hydrogens is 268 g/mol. The molecule has 0 bridgehead atoms. The average Bonchev–Trinajstić information content (AvgIpc) is 2.88. The second kappa shape index (κ2) is 8.75. The van der Waals surface area contributed by atoms with E-state index >= 15 is 0 Å². The van der Waals surface area contributed by atoms with Crippen molar-refractivity contribution in [3.63, 3.8) is 0 Å². The van der Waals surface area contributed by atoms with Crippen molar-refractivity contribution < 1.29 is 18.9 Å². The minimum absolute atomic E-state index is 0.0151. The van der Waals surface area contributed by atoms with Crippen LogP contribution in [0.4, 0.5) is 0 Å². The zero-order chi connectivity index (χ0) is 15.1. The Morgan fingerprint density at radius 2 is 1.90 bits per heavy atom. The van der Waals surface area contributed by atoms with Crippen LogP contribution < -0.4 is 0 Å². The van der Waals surface area contributed by atoms with Crippen LogP contribution in [0.2, 0.25) is 0 Å². The van der Waals surface area contributed by atoms with E-state index in [9.17, 15) is 0 Å². The number of rotatable bonds is 7. The summed E-state index contributed by atoms with van der Waals surface area (Å²) in [6.07, 6.45) is 12.0. The Kier molecular flexibility index (Phi) is 6.98. The summed E-state index contributed by atoms with van der Waals surface area (Å²) in [4.78, 5) is 0. The molecule has 0 radical (unpaired) electrons. The third-order valence-corrected chi connectivity index (χ3v) is 4.51. The van der Waals surface area contributed by atoms with Gasteiger partial charge in [-0.3, -0.25) is 0 Å². The Balaban J connectivity index is 1.92. The van der Waals surface area contributed by atoms with Crippen LogP contribution in [-0.2, 0) is 18.9 Å². The monoisotopic (exact) mass is 296 g/mol. The standard InChI is InChI=1S/C17H28O4/c1-4-11-19-16-15(14(5-2)21-17(16)18-3)20-12-13-9-7-6-8-10-13/h1,13-17H,5-12H2,2-3H3/t14-,15-,16-,17-/m1/s1. The molecule has 0 N–H and O–H groups in total. The van der Waals surface area contributed by atoms with Gasteiger partial charge >= 0.3 is 0 Å². The minimum atomic E-state index is -0.389. The molecule has 1 aliphatic carbocycles. The zero-order valence-corrected chi connectivity index (χ0v) is 13.3. The molecule has 0 aromatic rings.